The Bertz CT molecular complexity index is 2010. The van der Waals surface area contributed by atoms with Crippen LogP contribution in [0.25, 0.3) is 0 Å². The van der Waals surface area contributed by atoms with Crippen molar-refractivity contribution >= 4 is 34.2 Å². The summed E-state index contributed by atoms with van der Waals surface area (Å²) in [5.41, 5.74) is 5.46. The molecule has 2 heterocycles. The molecule has 0 aliphatic rings. The fourth-order valence-corrected chi connectivity index (χ4v) is 5.22. The second-order valence-corrected chi connectivity index (χ2v) is 12.0. The zero-order valence-electron chi connectivity index (χ0n) is 28.8. The molecular formula is C34H40N10O8. The van der Waals surface area contributed by atoms with Gasteiger partial charge in [0.2, 0.25) is 0 Å². The Kier molecular flexibility index (Phi) is 13.6. The maximum atomic E-state index is 12.4. The number of H-pyrrole nitrogens is 2. The maximum absolute atomic E-state index is 12.4. The van der Waals surface area contributed by atoms with E-state index < -0.39 is 32.3 Å². The number of non-ortho nitro benzene ring substituents is 2. The Labute approximate surface area is 296 Å². The molecule has 4 N–H and O–H groups in total. The van der Waals surface area contributed by atoms with Crippen LogP contribution < -0.4 is 33.3 Å². The van der Waals surface area contributed by atoms with Crippen LogP contribution in [-0.4, -0.2) is 40.4 Å². The summed E-state index contributed by atoms with van der Waals surface area (Å²) in [6.45, 7) is 4.10. The standard InChI is InChI=1S/C34H40N10O8/c1-23(37-39-25-11-15-27(16-12-25)43(49)50)29-21-41(33(47)35-31(29)45)19-9-7-5-3-4-6-8-10-20-42-22-30(32(46)36-34(42)48)24(2)38-40-26-13-17-28(18-14-26)44(51)52/h11-18,21-22,39-40H,3-10,19-20H2,1-2H3,(H,35,45,47)(H,36,46,48)/b37-23+,38-24+. The lowest BCUT2D eigenvalue weighted by Crippen LogP contribution is -2.33. The molecule has 0 fully saturated rings. The summed E-state index contributed by atoms with van der Waals surface area (Å²) in [7, 11) is 0. The molecule has 274 valence electrons. The minimum Gasteiger partial charge on any atom is -0.300 e. The summed E-state index contributed by atoms with van der Waals surface area (Å²) in [6, 6.07) is 11.3. The fraction of sp³-hybridized carbons (Fsp3) is 0.353. The molecule has 0 saturated heterocycles. The minimum atomic E-state index is -0.558. The molecule has 0 aliphatic heterocycles. The van der Waals surface area contributed by atoms with Crippen molar-refractivity contribution < 1.29 is 9.85 Å². The molecule has 2 aromatic carbocycles. The highest BCUT2D eigenvalue weighted by atomic mass is 16.6. The summed E-state index contributed by atoms with van der Waals surface area (Å²) < 4.78 is 2.91. The Morgan fingerprint density at radius 1 is 0.596 bits per heavy atom. The highest BCUT2D eigenvalue weighted by Crippen LogP contribution is 2.17. The second-order valence-electron chi connectivity index (χ2n) is 12.0. The van der Waals surface area contributed by atoms with E-state index in [2.05, 4.69) is 31.0 Å². The average molecular weight is 717 g/mol. The van der Waals surface area contributed by atoms with Gasteiger partial charge in [-0.2, -0.15) is 10.2 Å². The molecule has 4 aromatic rings. The predicted molar refractivity (Wildman–Crippen MR) is 197 cm³/mol. The van der Waals surface area contributed by atoms with Crippen LogP contribution >= 0.6 is 0 Å². The quantitative estimate of drug-likeness (QED) is 0.0451. The van der Waals surface area contributed by atoms with Crippen molar-refractivity contribution in [3.05, 3.63) is 134 Å². The first-order chi connectivity index (χ1) is 24.9. The Morgan fingerprint density at radius 2 is 0.923 bits per heavy atom. The number of nitro benzene ring substituents is 2. The molecule has 2 aromatic heterocycles. The van der Waals surface area contributed by atoms with E-state index in [4.69, 9.17) is 0 Å². The van der Waals surface area contributed by atoms with Crippen LogP contribution in [0.4, 0.5) is 22.7 Å². The Balaban J connectivity index is 1.16. The van der Waals surface area contributed by atoms with Gasteiger partial charge in [0.1, 0.15) is 0 Å². The van der Waals surface area contributed by atoms with E-state index in [1.54, 1.807) is 13.8 Å². The molecule has 18 nitrogen and oxygen atoms in total. The van der Waals surface area contributed by atoms with Gasteiger partial charge in [0.25, 0.3) is 22.5 Å². The van der Waals surface area contributed by atoms with Gasteiger partial charge in [-0.3, -0.25) is 59.8 Å². The number of anilines is 2. The van der Waals surface area contributed by atoms with E-state index in [-0.39, 0.29) is 22.5 Å². The van der Waals surface area contributed by atoms with Gasteiger partial charge in [-0.05, 0) is 51.0 Å². The minimum absolute atomic E-state index is 0.0545. The normalized spacial score (nSPS) is 11.7. The molecule has 0 spiro atoms. The second kappa shape index (κ2) is 18.5. The number of hydrogen-bond donors (Lipinski definition) is 4. The first kappa shape index (κ1) is 38.3. The molecule has 4 rings (SSSR count). The molecule has 0 aliphatic carbocycles. The number of hydrazone groups is 2. The topological polar surface area (TPSA) is 245 Å². The Hall–Kier alpha value is -6.46. The lowest BCUT2D eigenvalue weighted by Gasteiger charge is -2.09. The van der Waals surface area contributed by atoms with E-state index in [1.807, 2.05) is 0 Å². The van der Waals surface area contributed by atoms with Crippen LogP contribution in [0, 0.1) is 20.2 Å². The van der Waals surface area contributed by atoms with Gasteiger partial charge in [-0.1, -0.05) is 38.5 Å². The van der Waals surface area contributed by atoms with Gasteiger partial charge >= 0.3 is 11.4 Å². The summed E-state index contributed by atoms with van der Waals surface area (Å²) in [4.78, 5) is 74.9. The van der Waals surface area contributed by atoms with Crippen LogP contribution in [0.2, 0.25) is 0 Å². The number of aromatic nitrogens is 4. The van der Waals surface area contributed by atoms with Gasteiger partial charge in [0.15, 0.2) is 0 Å². The lowest BCUT2D eigenvalue weighted by molar-refractivity contribution is -0.385. The zero-order valence-corrected chi connectivity index (χ0v) is 28.8. The van der Waals surface area contributed by atoms with Crippen molar-refractivity contribution in [2.75, 3.05) is 10.9 Å². The van der Waals surface area contributed by atoms with E-state index in [1.165, 1.54) is 70.1 Å². The third-order valence-electron chi connectivity index (χ3n) is 8.21. The fourth-order valence-electron chi connectivity index (χ4n) is 5.22. The number of unbranched alkanes of at least 4 members (excludes halogenated alkanes) is 7. The predicted octanol–water partition coefficient (Wildman–Crippen LogP) is 4.70. The number of aromatic amines is 2. The van der Waals surface area contributed by atoms with Crippen molar-refractivity contribution in [2.24, 2.45) is 10.2 Å². The number of hydrogen-bond acceptors (Lipinski definition) is 12. The number of nitro groups is 2. The number of rotatable bonds is 19. The van der Waals surface area contributed by atoms with Crippen LogP contribution in [-0.2, 0) is 13.1 Å². The van der Waals surface area contributed by atoms with E-state index in [9.17, 15) is 39.4 Å². The average Bonchev–Trinajstić information content (AvgIpc) is 3.12. The monoisotopic (exact) mass is 716 g/mol. The molecular weight excluding hydrogens is 676 g/mol. The Morgan fingerprint density at radius 3 is 1.25 bits per heavy atom. The third-order valence-corrected chi connectivity index (χ3v) is 8.21. The molecule has 0 bridgehead atoms. The number of nitrogens with one attached hydrogen (secondary N) is 4. The highest BCUT2D eigenvalue weighted by molar-refractivity contribution is 5.99. The number of benzene rings is 2. The van der Waals surface area contributed by atoms with Crippen LogP contribution in [0.3, 0.4) is 0 Å². The molecule has 0 atom stereocenters. The summed E-state index contributed by atoms with van der Waals surface area (Å²) in [5.74, 6) is 0. The highest BCUT2D eigenvalue weighted by Gasteiger charge is 2.11. The zero-order chi connectivity index (χ0) is 37.6. The van der Waals surface area contributed by atoms with Gasteiger partial charge in [-0.15, -0.1) is 0 Å². The van der Waals surface area contributed by atoms with Crippen molar-refractivity contribution in [2.45, 2.75) is 78.3 Å². The van der Waals surface area contributed by atoms with Gasteiger partial charge < -0.3 is 0 Å². The summed E-state index contributed by atoms with van der Waals surface area (Å²) in [6.07, 6.45) is 10.2. The van der Waals surface area contributed by atoms with Gasteiger partial charge in [-0.25, -0.2) is 9.59 Å². The molecule has 52 heavy (non-hydrogen) atoms. The van der Waals surface area contributed by atoms with Crippen molar-refractivity contribution in [1.29, 1.82) is 0 Å². The molecule has 0 unspecified atom stereocenters. The van der Waals surface area contributed by atoms with Gasteiger partial charge in [0.05, 0.1) is 43.8 Å². The van der Waals surface area contributed by atoms with Crippen LogP contribution in [0.1, 0.15) is 76.3 Å². The van der Waals surface area contributed by atoms with E-state index >= 15 is 0 Å². The maximum Gasteiger partial charge on any atom is 0.328 e. The van der Waals surface area contributed by atoms with Crippen molar-refractivity contribution in [3.63, 3.8) is 0 Å². The molecule has 0 radical (unpaired) electrons. The number of nitrogens with zero attached hydrogens (tertiary/aromatic N) is 6. The summed E-state index contributed by atoms with van der Waals surface area (Å²) in [5, 5.41) is 30.0. The molecule has 0 saturated carbocycles. The third kappa shape index (κ3) is 11.0. The summed E-state index contributed by atoms with van der Waals surface area (Å²) >= 11 is 0. The molecule has 0 amide bonds. The SMILES string of the molecule is C/C(=N\Nc1ccc([N+](=O)[O-])cc1)c1cn(CCCCCCCCCCn2cc(/C(C)=N/Nc3ccc([N+](=O)[O-])cc3)c(=O)[nH]c2=O)c(=O)[nH]c1=O. The first-order valence-corrected chi connectivity index (χ1v) is 16.7. The van der Waals surface area contributed by atoms with Crippen LogP contribution in [0.5, 0.6) is 0 Å². The molecule has 18 heteroatoms. The van der Waals surface area contributed by atoms with E-state index in [0.29, 0.717) is 35.9 Å². The van der Waals surface area contributed by atoms with Crippen LogP contribution in [0.15, 0.2) is 90.3 Å². The van der Waals surface area contributed by atoms with Crippen molar-refractivity contribution in [1.82, 2.24) is 19.1 Å². The largest absolute Gasteiger partial charge is 0.328 e. The number of aryl methyl sites for hydroxylation is 2. The lowest BCUT2D eigenvalue weighted by atomic mass is 10.1. The smallest absolute Gasteiger partial charge is 0.300 e. The first-order valence-electron chi connectivity index (χ1n) is 16.7. The van der Waals surface area contributed by atoms with Crippen molar-refractivity contribution in [3.8, 4) is 0 Å². The van der Waals surface area contributed by atoms with Gasteiger partial charge in [0, 0.05) is 49.7 Å². The van der Waals surface area contributed by atoms with E-state index in [0.717, 1.165) is 51.4 Å².